The summed E-state index contributed by atoms with van der Waals surface area (Å²) >= 11 is 1.22. The predicted molar refractivity (Wildman–Crippen MR) is 134 cm³/mol. The van der Waals surface area contributed by atoms with Gasteiger partial charge in [0.2, 0.25) is 5.91 Å². The Labute approximate surface area is 212 Å². The molecule has 0 bridgehead atoms. The molecule has 0 N–H and O–H groups in total. The van der Waals surface area contributed by atoms with Gasteiger partial charge in [0, 0.05) is 5.70 Å². The first-order chi connectivity index (χ1) is 17.3. The Morgan fingerprint density at radius 1 is 1.17 bits per heavy atom. The van der Waals surface area contributed by atoms with Crippen molar-refractivity contribution in [3.63, 3.8) is 0 Å². The zero-order valence-corrected chi connectivity index (χ0v) is 20.9. The van der Waals surface area contributed by atoms with Crippen LogP contribution in [0.5, 0.6) is 11.5 Å². The first kappa shape index (κ1) is 25.2. The lowest BCUT2D eigenvalue weighted by molar-refractivity contribution is -0.385. The number of hydrogen-bond donors (Lipinski definition) is 0. The molecule has 0 aliphatic carbocycles. The molecular weight excluding hydrogens is 486 g/mol. The largest absolute Gasteiger partial charge is 0.490 e. The number of fused-ring (bicyclic) bond motifs is 1. The molecule has 10 nitrogen and oxygen atoms in total. The first-order valence-corrected chi connectivity index (χ1v) is 12.4. The minimum Gasteiger partial charge on any atom is -0.490 e. The van der Waals surface area contributed by atoms with Crippen molar-refractivity contribution in [2.45, 2.75) is 33.4 Å². The molecule has 0 saturated carbocycles. The first-order valence-electron chi connectivity index (χ1n) is 11.4. The van der Waals surface area contributed by atoms with E-state index in [4.69, 9.17) is 14.2 Å². The quantitative estimate of drug-likeness (QED) is 0.276. The van der Waals surface area contributed by atoms with E-state index in [0.717, 1.165) is 5.56 Å². The van der Waals surface area contributed by atoms with Crippen molar-refractivity contribution in [3.05, 3.63) is 75.0 Å². The highest BCUT2D eigenvalue weighted by molar-refractivity contribution is 8.15. The second kappa shape index (κ2) is 10.8. The van der Waals surface area contributed by atoms with E-state index in [1.54, 1.807) is 20.8 Å². The van der Waals surface area contributed by atoms with Crippen molar-refractivity contribution >= 4 is 34.5 Å². The number of amidine groups is 1. The van der Waals surface area contributed by atoms with Crippen LogP contribution in [-0.2, 0) is 20.9 Å². The molecule has 2 aliphatic heterocycles. The third-order valence-corrected chi connectivity index (χ3v) is 6.56. The standard InChI is InChI=1S/C25H25N3O7S/c1-4-33-19-11-17(18(28(31)32)12-20(19)35-13-16-9-7-6-8-10-16)23-22(24(30)34-5-2)15(3)27-21(29)14-36-25(27)26-23/h6-12,23H,4-5,13-14H2,1-3H3/t23-/m1/s1. The molecular formula is C25H25N3O7S. The highest BCUT2D eigenvalue weighted by atomic mass is 32.2. The van der Waals surface area contributed by atoms with Crippen molar-refractivity contribution < 1.29 is 28.7 Å². The number of ether oxygens (including phenoxy) is 3. The van der Waals surface area contributed by atoms with E-state index in [1.807, 2.05) is 30.3 Å². The third kappa shape index (κ3) is 4.92. The predicted octanol–water partition coefficient (Wildman–Crippen LogP) is 4.40. The number of hydrogen-bond acceptors (Lipinski definition) is 9. The fourth-order valence-corrected chi connectivity index (χ4v) is 4.96. The van der Waals surface area contributed by atoms with E-state index in [1.165, 1.54) is 28.8 Å². The Kier molecular flexibility index (Phi) is 7.58. The normalized spacial score (nSPS) is 17.0. The van der Waals surface area contributed by atoms with E-state index >= 15 is 0 Å². The fraction of sp³-hybridized carbons (Fsp3) is 0.320. The molecule has 36 heavy (non-hydrogen) atoms. The van der Waals surface area contributed by atoms with Crippen LogP contribution >= 0.6 is 11.8 Å². The molecule has 0 spiro atoms. The lowest BCUT2D eigenvalue weighted by atomic mass is 9.94. The van der Waals surface area contributed by atoms with Crippen LogP contribution in [0.25, 0.3) is 0 Å². The Morgan fingerprint density at radius 2 is 1.89 bits per heavy atom. The summed E-state index contributed by atoms with van der Waals surface area (Å²) in [6.07, 6.45) is 0. The molecule has 0 aromatic heterocycles. The molecule has 4 rings (SSSR count). The summed E-state index contributed by atoms with van der Waals surface area (Å²) in [5.74, 6) is -0.259. The molecule has 1 atom stereocenters. The number of carbonyl (C=O) groups is 2. The monoisotopic (exact) mass is 511 g/mol. The van der Waals surface area contributed by atoms with Gasteiger partial charge in [0.15, 0.2) is 16.7 Å². The lowest BCUT2D eigenvalue weighted by Gasteiger charge is -2.29. The van der Waals surface area contributed by atoms with Gasteiger partial charge in [-0.25, -0.2) is 9.79 Å². The number of nitro groups is 1. The zero-order valence-electron chi connectivity index (χ0n) is 20.1. The van der Waals surface area contributed by atoms with Gasteiger partial charge in [-0.05, 0) is 32.4 Å². The van der Waals surface area contributed by atoms with Crippen LogP contribution in [0.15, 0.2) is 58.7 Å². The van der Waals surface area contributed by atoms with Crippen LogP contribution in [0.1, 0.15) is 37.9 Å². The van der Waals surface area contributed by atoms with Crippen molar-refractivity contribution in [2.75, 3.05) is 19.0 Å². The average Bonchev–Trinajstić information content (AvgIpc) is 3.24. The molecule has 2 aromatic carbocycles. The SMILES string of the molecule is CCOC(=O)C1=C(C)N2C(=O)CSC2=N[C@@H]1c1cc(OCC)c(OCc2ccccc2)cc1[N+](=O)[O-]. The number of aliphatic imine (C=N–C) groups is 1. The maximum atomic E-state index is 13.0. The van der Waals surface area contributed by atoms with Gasteiger partial charge < -0.3 is 14.2 Å². The highest BCUT2D eigenvalue weighted by Crippen LogP contribution is 2.45. The van der Waals surface area contributed by atoms with Gasteiger partial charge in [0.1, 0.15) is 12.6 Å². The van der Waals surface area contributed by atoms with Crippen LogP contribution in [0.4, 0.5) is 5.69 Å². The van der Waals surface area contributed by atoms with Gasteiger partial charge in [-0.15, -0.1) is 0 Å². The van der Waals surface area contributed by atoms with Crippen molar-refractivity contribution in [1.29, 1.82) is 0 Å². The molecule has 188 valence electrons. The van der Waals surface area contributed by atoms with Crippen LogP contribution in [0.3, 0.4) is 0 Å². The highest BCUT2D eigenvalue weighted by Gasteiger charge is 2.42. The number of esters is 1. The second-order valence-corrected chi connectivity index (χ2v) is 8.82. The minimum atomic E-state index is -1.06. The van der Waals surface area contributed by atoms with E-state index in [0.29, 0.717) is 10.9 Å². The Hall–Kier alpha value is -3.86. The molecule has 1 fully saturated rings. The maximum Gasteiger partial charge on any atom is 0.338 e. The summed E-state index contributed by atoms with van der Waals surface area (Å²) in [7, 11) is 0. The number of nitrogens with zero attached hydrogens (tertiary/aromatic N) is 3. The Bertz CT molecular complexity index is 1260. The molecule has 1 saturated heterocycles. The van der Waals surface area contributed by atoms with Crippen molar-refractivity contribution in [1.82, 2.24) is 4.90 Å². The summed E-state index contributed by atoms with van der Waals surface area (Å²) in [6, 6.07) is 11.1. The van der Waals surface area contributed by atoms with Gasteiger partial charge in [0.05, 0.1) is 41.1 Å². The van der Waals surface area contributed by atoms with Crippen molar-refractivity contribution in [3.8, 4) is 11.5 Å². The van der Waals surface area contributed by atoms with Gasteiger partial charge >= 0.3 is 5.97 Å². The summed E-state index contributed by atoms with van der Waals surface area (Å²) in [6.45, 7) is 5.63. The van der Waals surface area contributed by atoms with Gasteiger partial charge in [0.25, 0.3) is 5.69 Å². The van der Waals surface area contributed by atoms with E-state index in [2.05, 4.69) is 4.99 Å². The zero-order chi connectivity index (χ0) is 25.8. The number of nitro benzene ring substituents is 1. The van der Waals surface area contributed by atoms with Gasteiger partial charge in [-0.2, -0.15) is 0 Å². The van der Waals surface area contributed by atoms with Crippen molar-refractivity contribution in [2.24, 2.45) is 4.99 Å². The summed E-state index contributed by atoms with van der Waals surface area (Å²) in [5.41, 5.74) is 1.16. The molecule has 0 unspecified atom stereocenters. The minimum absolute atomic E-state index is 0.0694. The number of thioether (sulfide) groups is 1. The molecule has 11 heteroatoms. The van der Waals surface area contributed by atoms with Crippen LogP contribution < -0.4 is 9.47 Å². The number of carbonyl (C=O) groups excluding carboxylic acids is 2. The molecule has 2 aromatic rings. The topological polar surface area (TPSA) is 121 Å². The molecule has 1 amide bonds. The third-order valence-electron chi connectivity index (χ3n) is 5.62. The Morgan fingerprint density at radius 3 is 2.56 bits per heavy atom. The summed E-state index contributed by atoms with van der Waals surface area (Å²) < 4.78 is 16.9. The maximum absolute atomic E-state index is 13.0. The summed E-state index contributed by atoms with van der Waals surface area (Å²) in [4.78, 5) is 43.0. The number of allylic oxidation sites excluding steroid dienone is 1. The molecule has 2 aliphatic rings. The number of benzene rings is 2. The van der Waals surface area contributed by atoms with Crippen LogP contribution in [0, 0.1) is 10.1 Å². The lowest BCUT2D eigenvalue weighted by Crippen LogP contribution is -2.35. The van der Waals surface area contributed by atoms with E-state index < -0.39 is 16.9 Å². The van der Waals surface area contributed by atoms with Crippen LogP contribution in [0.2, 0.25) is 0 Å². The van der Waals surface area contributed by atoms with Gasteiger partial charge in [-0.1, -0.05) is 42.1 Å². The second-order valence-electron chi connectivity index (χ2n) is 7.87. The summed E-state index contributed by atoms with van der Waals surface area (Å²) in [5, 5.41) is 12.6. The smallest absolute Gasteiger partial charge is 0.338 e. The number of rotatable bonds is 9. The van der Waals surface area contributed by atoms with Crippen LogP contribution in [-0.4, -0.2) is 45.8 Å². The van der Waals surface area contributed by atoms with E-state index in [-0.39, 0.29) is 59.8 Å². The van der Waals surface area contributed by atoms with Gasteiger partial charge in [-0.3, -0.25) is 19.8 Å². The molecule has 2 heterocycles. The Balaban J connectivity index is 1.83. The average molecular weight is 512 g/mol. The van der Waals surface area contributed by atoms with E-state index in [9.17, 15) is 19.7 Å². The number of amides is 1. The fourth-order valence-electron chi connectivity index (χ4n) is 4.03. The molecule has 0 radical (unpaired) electrons.